The lowest BCUT2D eigenvalue weighted by molar-refractivity contribution is 0.413. The van der Waals surface area contributed by atoms with Crippen molar-refractivity contribution in [2.75, 3.05) is 14.2 Å². The van der Waals surface area contributed by atoms with Crippen molar-refractivity contribution in [3.05, 3.63) is 28.8 Å². The normalized spacial score (nSPS) is 11.3. The number of halogens is 1. The number of nitrogens with one attached hydrogen (secondary N) is 1. The van der Waals surface area contributed by atoms with Gasteiger partial charge >= 0.3 is 0 Å². The lowest BCUT2D eigenvalue weighted by Gasteiger charge is -2.10. The van der Waals surface area contributed by atoms with Crippen LogP contribution >= 0.6 is 11.6 Å². The maximum Gasteiger partial charge on any atom is 0.146 e. The molecule has 76 valence electrons. The van der Waals surface area contributed by atoms with Crippen LogP contribution in [-0.2, 0) is 0 Å². The molecule has 1 aromatic rings. The second-order valence-electron chi connectivity index (χ2n) is 2.56. The number of rotatable bonds is 2. The van der Waals surface area contributed by atoms with E-state index in [9.17, 15) is 0 Å². The first-order valence-corrected chi connectivity index (χ1v) is 4.38. The third-order valence-electron chi connectivity index (χ3n) is 1.78. The zero-order valence-electron chi connectivity index (χ0n) is 8.04. The highest BCUT2D eigenvalue weighted by atomic mass is 35.5. The molecule has 5 heteroatoms. The van der Waals surface area contributed by atoms with Gasteiger partial charge in [-0.3, -0.25) is 4.99 Å². The molecule has 0 aliphatic carbocycles. The first-order chi connectivity index (χ1) is 6.72. The standard InChI is InChI=1S/C9H12ClN3O/c1-12-9(13-11)7-4-3-6(10)5-8(7)14-2/h3-5H,11H2,1-2H3,(H,12,13). The number of aliphatic imine (C=N–C) groups is 1. The summed E-state index contributed by atoms with van der Waals surface area (Å²) in [4.78, 5) is 3.97. The van der Waals surface area contributed by atoms with Crippen LogP contribution < -0.4 is 16.0 Å². The van der Waals surface area contributed by atoms with Gasteiger partial charge in [0.05, 0.1) is 12.7 Å². The van der Waals surface area contributed by atoms with Crippen LogP contribution in [0.1, 0.15) is 5.56 Å². The maximum atomic E-state index is 5.82. The molecular formula is C9H12ClN3O. The van der Waals surface area contributed by atoms with Gasteiger partial charge in [-0.2, -0.15) is 0 Å². The monoisotopic (exact) mass is 213 g/mol. The van der Waals surface area contributed by atoms with Crippen LogP contribution in [-0.4, -0.2) is 20.0 Å². The van der Waals surface area contributed by atoms with Crippen LogP contribution in [0.5, 0.6) is 5.75 Å². The van der Waals surface area contributed by atoms with Crippen molar-refractivity contribution in [2.24, 2.45) is 10.8 Å². The molecule has 0 saturated carbocycles. The lowest BCUT2D eigenvalue weighted by atomic mass is 10.2. The molecule has 4 nitrogen and oxygen atoms in total. The Balaban J connectivity index is 3.20. The van der Waals surface area contributed by atoms with Crippen molar-refractivity contribution in [1.82, 2.24) is 5.43 Å². The zero-order chi connectivity index (χ0) is 10.6. The number of benzene rings is 1. The van der Waals surface area contributed by atoms with Crippen LogP contribution in [0.3, 0.4) is 0 Å². The Morgan fingerprint density at radius 3 is 2.79 bits per heavy atom. The molecular weight excluding hydrogens is 202 g/mol. The summed E-state index contributed by atoms with van der Waals surface area (Å²) in [6, 6.07) is 5.25. The molecule has 0 aliphatic rings. The number of amidine groups is 1. The fraction of sp³-hybridized carbons (Fsp3) is 0.222. The molecule has 1 rings (SSSR count). The number of hydrazine groups is 1. The molecule has 0 radical (unpaired) electrons. The highest BCUT2D eigenvalue weighted by molar-refractivity contribution is 6.30. The first-order valence-electron chi connectivity index (χ1n) is 4.00. The molecule has 3 N–H and O–H groups in total. The zero-order valence-corrected chi connectivity index (χ0v) is 8.80. The van der Waals surface area contributed by atoms with E-state index < -0.39 is 0 Å². The van der Waals surface area contributed by atoms with Crippen molar-refractivity contribution in [1.29, 1.82) is 0 Å². The van der Waals surface area contributed by atoms with Crippen molar-refractivity contribution < 1.29 is 4.74 Å². The Labute approximate surface area is 87.7 Å². The smallest absolute Gasteiger partial charge is 0.146 e. The number of ether oxygens (including phenoxy) is 1. The van der Waals surface area contributed by atoms with Gasteiger partial charge < -0.3 is 10.2 Å². The predicted octanol–water partition coefficient (Wildman–Crippen LogP) is 1.19. The van der Waals surface area contributed by atoms with E-state index in [1.807, 2.05) is 0 Å². The molecule has 0 bridgehead atoms. The highest BCUT2D eigenvalue weighted by Gasteiger charge is 2.08. The minimum absolute atomic E-state index is 0.554. The number of hydrogen-bond acceptors (Lipinski definition) is 3. The Hall–Kier alpha value is -1.26. The minimum Gasteiger partial charge on any atom is -0.496 e. The Morgan fingerprint density at radius 1 is 1.57 bits per heavy atom. The summed E-state index contributed by atoms with van der Waals surface area (Å²) in [6.45, 7) is 0. The van der Waals surface area contributed by atoms with Gasteiger partial charge in [-0.25, -0.2) is 5.84 Å². The fourth-order valence-electron chi connectivity index (χ4n) is 1.12. The molecule has 1 aromatic carbocycles. The summed E-state index contributed by atoms with van der Waals surface area (Å²) < 4.78 is 5.15. The van der Waals surface area contributed by atoms with Gasteiger partial charge in [-0.1, -0.05) is 11.6 Å². The topological polar surface area (TPSA) is 59.6 Å². The van der Waals surface area contributed by atoms with Crippen molar-refractivity contribution >= 4 is 17.4 Å². The summed E-state index contributed by atoms with van der Waals surface area (Å²) in [7, 11) is 3.21. The fourth-order valence-corrected chi connectivity index (χ4v) is 1.29. The van der Waals surface area contributed by atoms with Gasteiger partial charge in [0.1, 0.15) is 11.6 Å². The Kier molecular flexibility index (Phi) is 3.73. The summed E-state index contributed by atoms with van der Waals surface area (Å²) in [5.41, 5.74) is 3.27. The lowest BCUT2D eigenvalue weighted by Crippen LogP contribution is -2.31. The minimum atomic E-state index is 0.554. The van der Waals surface area contributed by atoms with Gasteiger partial charge in [0.2, 0.25) is 0 Å². The highest BCUT2D eigenvalue weighted by Crippen LogP contribution is 2.22. The summed E-state index contributed by atoms with van der Waals surface area (Å²) in [5, 5.41) is 0.609. The molecule has 0 saturated heterocycles. The maximum absolute atomic E-state index is 5.82. The molecule has 14 heavy (non-hydrogen) atoms. The number of nitrogens with two attached hydrogens (primary N) is 1. The Morgan fingerprint density at radius 2 is 2.29 bits per heavy atom. The average molecular weight is 214 g/mol. The van der Waals surface area contributed by atoms with Crippen molar-refractivity contribution in [2.45, 2.75) is 0 Å². The molecule has 0 fully saturated rings. The summed E-state index contributed by atoms with van der Waals surface area (Å²) >= 11 is 5.82. The van der Waals surface area contributed by atoms with Gasteiger partial charge in [0, 0.05) is 12.1 Å². The molecule has 0 unspecified atom stereocenters. The second-order valence-corrected chi connectivity index (χ2v) is 3.00. The Bertz CT molecular complexity index is 352. The third-order valence-corrected chi connectivity index (χ3v) is 2.01. The van der Waals surface area contributed by atoms with Crippen LogP contribution in [0.4, 0.5) is 0 Å². The van der Waals surface area contributed by atoms with Gasteiger partial charge in [-0.15, -0.1) is 0 Å². The molecule has 0 atom stereocenters. The predicted molar refractivity (Wildman–Crippen MR) is 57.8 cm³/mol. The van der Waals surface area contributed by atoms with Crippen molar-refractivity contribution in [3.63, 3.8) is 0 Å². The van der Waals surface area contributed by atoms with Gasteiger partial charge in [0.15, 0.2) is 0 Å². The van der Waals surface area contributed by atoms with E-state index in [2.05, 4.69) is 10.4 Å². The molecule has 0 heterocycles. The largest absolute Gasteiger partial charge is 0.496 e. The van der Waals surface area contributed by atoms with Crippen LogP contribution in [0.15, 0.2) is 23.2 Å². The number of nitrogens with zero attached hydrogens (tertiary/aromatic N) is 1. The first kappa shape index (κ1) is 10.8. The van der Waals surface area contributed by atoms with E-state index in [-0.39, 0.29) is 0 Å². The summed E-state index contributed by atoms with van der Waals surface area (Å²) in [5.74, 6) is 6.50. The third kappa shape index (κ3) is 2.16. The van der Waals surface area contributed by atoms with Crippen molar-refractivity contribution in [3.8, 4) is 5.75 Å². The molecule has 0 aromatic heterocycles. The van der Waals surface area contributed by atoms with E-state index in [0.717, 1.165) is 5.56 Å². The van der Waals surface area contributed by atoms with Crippen LogP contribution in [0.2, 0.25) is 5.02 Å². The van der Waals surface area contributed by atoms with E-state index in [0.29, 0.717) is 16.6 Å². The molecule has 0 spiro atoms. The quantitative estimate of drug-likeness (QED) is 0.336. The number of methoxy groups -OCH3 is 1. The number of hydrogen-bond donors (Lipinski definition) is 2. The van der Waals surface area contributed by atoms with E-state index in [1.165, 1.54) is 0 Å². The van der Waals surface area contributed by atoms with E-state index >= 15 is 0 Å². The van der Waals surface area contributed by atoms with Gasteiger partial charge in [-0.05, 0) is 18.2 Å². The summed E-state index contributed by atoms with van der Waals surface area (Å²) in [6.07, 6.45) is 0. The molecule has 0 amide bonds. The van der Waals surface area contributed by atoms with Gasteiger partial charge in [0.25, 0.3) is 0 Å². The van der Waals surface area contributed by atoms with E-state index in [4.69, 9.17) is 22.2 Å². The SMILES string of the molecule is CN=C(NN)c1ccc(Cl)cc1OC. The van der Waals surface area contributed by atoms with Crippen LogP contribution in [0.25, 0.3) is 0 Å². The second kappa shape index (κ2) is 4.83. The van der Waals surface area contributed by atoms with E-state index in [1.54, 1.807) is 32.4 Å². The van der Waals surface area contributed by atoms with Crippen LogP contribution in [0, 0.1) is 0 Å². The molecule has 0 aliphatic heterocycles. The average Bonchev–Trinajstić information content (AvgIpc) is 2.21.